The van der Waals surface area contributed by atoms with Gasteiger partial charge in [0.1, 0.15) is 5.82 Å². The number of aryl methyl sites for hydroxylation is 1. The lowest BCUT2D eigenvalue weighted by atomic mass is 10.1. The molecule has 106 valence electrons. The van der Waals surface area contributed by atoms with Crippen LogP contribution in [0.15, 0.2) is 24.5 Å². The zero-order valence-electron chi connectivity index (χ0n) is 10.6. The lowest BCUT2D eigenvalue weighted by molar-refractivity contribution is 0.0692. The Balaban J connectivity index is 1.92. The molecule has 0 atom stereocenters. The van der Waals surface area contributed by atoms with Gasteiger partial charge in [0.05, 0.1) is 23.1 Å². The number of halogens is 1. The summed E-state index contributed by atoms with van der Waals surface area (Å²) in [5.74, 6) is -2.16. The first-order valence-corrected chi connectivity index (χ1v) is 5.98. The molecule has 0 bridgehead atoms. The number of rotatable bonds is 6. The van der Waals surface area contributed by atoms with Crippen LogP contribution in [0, 0.1) is 5.82 Å². The van der Waals surface area contributed by atoms with Gasteiger partial charge in [0.25, 0.3) is 0 Å². The second-order valence-electron chi connectivity index (χ2n) is 4.17. The summed E-state index contributed by atoms with van der Waals surface area (Å²) < 4.78 is 15.2. The molecule has 7 nitrogen and oxygen atoms in total. The number of nitrogens with zero attached hydrogens (tertiary/aromatic N) is 3. The van der Waals surface area contributed by atoms with Crippen LogP contribution in [0.4, 0.5) is 15.8 Å². The predicted molar refractivity (Wildman–Crippen MR) is 70.9 cm³/mol. The Hall–Kier alpha value is -2.64. The average molecular weight is 279 g/mol. The number of nitrogens with one attached hydrogen (secondary N) is 1. The van der Waals surface area contributed by atoms with Gasteiger partial charge in [-0.15, -0.1) is 5.10 Å². The number of aromatic carboxylic acids is 1. The molecule has 0 saturated carbocycles. The van der Waals surface area contributed by atoms with Crippen molar-refractivity contribution in [1.29, 1.82) is 0 Å². The Bertz CT molecular complexity index is 600. The van der Waals surface area contributed by atoms with Gasteiger partial charge in [0.2, 0.25) is 0 Å². The molecule has 2 aromatic rings. The van der Waals surface area contributed by atoms with E-state index in [-0.39, 0.29) is 5.69 Å². The van der Waals surface area contributed by atoms with Crippen molar-refractivity contribution in [2.75, 3.05) is 17.6 Å². The summed E-state index contributed by atoms with van der Waals surface area (Å²) in [6.45, 7) is 1.22. The number of benzene rings is 1. The van der Waals surface area contributed by atoms with E-state index in [1.54, 1.807) is 17.1 Å². The third-order valence-electron chi connectivity index (χ3n) is 2.72. The summed E-state index contributed by atoms with van der Waals surface area (Å²) in [5, 5.41) is 19.2. The molecule has 0 spiro atoms. The number of nitrogens with two attached hydrogens (primary N) is 1. The molecular formula is C12H14FN5O2. The Morgan fingerprint density at radius 2 is 2.30 bits per heavy atom. The molecule has 0 amide bonds. The fraction of sp³-hybridized carbons (Fsp3) is 0.250. The van der Waals surface area contributed by atoms with E-state index in [0.29, 0.717) is 18.8 Å². The fourth-order valence-electron chi connectivity index (χ4n) is 1.72. The molecule has 0 aliphatic carbocycles. The van der Waals surface area contributed by atoms with Gasteiger partial charge in [0, 0.05) is 19.3 Å². The molecule has 2 rings (SSSR count). The fourth-order valence-corrected chi connectivity index (χ4v) is 1.72. The third kappa shape index (κ3) is 3.22. The van der Waals surface area contributed by atoms with E-state index in [2.05, 4.69) is 15.6 Å². The van der Waals surface area contributed by atoms with Gasteiger partial charge in [-0.3, -0.25) is 4.68 Å². The van der Waals surface area contributed by atoms with Gasteiger partial charge in [-0.1, -0.05) is 5.21 Å². The molecule has 0 saturated heterocycles. The summed E-state index contributed by atoms with van der Waals surface area (Å²) in [5.41, 5.74) is 5.83. The molecule has 20 heavy (non-hydrogen) atoms. The van der Waals surface area contributed by atoms with Crippen molar-refractivity contribution in [1.82, 2.24) is 15.0 Å². The van der Waals surface area contributed by atoms with Gasteiger partial charge in [0.15, 0.2) is 0 Å². The zero-order valence-corrected chi connectivity index (χ0v) is 10.6. The van der Waals surface area contributed by atoms with Gasteiger partial charge in [-0.05, 0) is 18.6 Å². The molecule has 8 heteroatoms. The molecule has 1 heterocycles. The van der Waals surface area contributed by atoms with Crippen LogP contribution >= 0.6 is 0 Å². The molecule has 4 N–H and O–H groups in total. The van der Waals surface area contributed by atoms with Crippen LogP contribution in [0.5, 0.6) is 0 Å². The van der Waals surface area contributed by atoms with Crippen molar-refractivity contribution in [3.8, 4) is 0 Å². The van der Waals surface area contributed by atoms with Crippen molar-refractivity contribution < 1.29 is 14.3 Å². The average Bonchev–Trinajstić information content (AvgIpc) is 2.90. The highest BCUT2D eigenvalue weighted by atomic mass is 19.1. The smallest absolute Gasteiger partial charge is 0.338 e. The van der Waals surface area contributed by atoms with Crippen LogP contribution in [-0.4, -0.2) is 32.6 Å². The summed E-state index contributed by atoms with van der Waals surface area (Å²) in [6, 6.07) is 2.20. The SMILES string of the molecule is Nc1cc(C(=O)O)c(F)cc1NCCCn1ccnn1. The van der Waals surface area contributed by atoms with Crippen LogP contribution < -0.4 is 11.1 Å². The second kappa shape index (κ2) is 6.00. The second-order valence-corrected chi connectivity index (χ2v) is 4.17. The largest absolute Gasteiger partial charge is 0.478 e. The first kappa shape index (κ1) is 13.8. The number of anilines is 2. The van der Waals surface area contributed by atoms with Gasteiger partial charge >= 0.3 is 5.97 Å². The number of hydrogen-bond donors (Lipinski definition) is 3. The standard InChI is InChI=1S/C12H14FN5O2/c13-9-7-11(10(14)6-8(9)12(19)20)15-2-1-4-18-5-3-16-17-18/h3,5-7,15H,1-2,4,14H2,(H,19,20). The maximum Gasteiger partial charge on any atom is 0.338 e. The highest BCUT2D eigenvalue weighted by Crippen LogP contribution is 2.23. The maximum absolute atomic E-state index is 13.5. The summed E-state index contributed by atoms with van der Waals surface area (Å²) in [6.07, 6.45) is 4.08. The molecule has 0 unspecified atom stereocenters. The number of carboxylic acid groups (broad SMARTS) is 1. The summed E-state index contributed by atoms with van der Waals surface area (Å²) in [4.78, 5) is 10.7. The summed E-state index contributed by atoms with van der Waals surface area (Å²) >= 11 is 0. The van der Waals surface area contributed by atoms with E-state index >= 15 is 0 Å². The predicted octanol–water partition coefficient (Wildman–Crippen LogP) is 1.20. The highest BCUT2D eigenvalue weighted by molar-refractivity contribution is 5.90. The Kier molecular flexibility index (Phi) is 4.14. The quantitative estimate of drug-likeness (QED) is 0.542. The molecule has 1 aromatic carbocycles. The Labute approximate surface area is 114 Å². The van der Waals surface area contributed by atoms with E-state index in [0.717, 1.165) is 18.6 Å². The van der Waals surface area contributed by atoms with Crippen LogP contribution in [0.25, 0.3) is 0 Å². The molecule has 0 aliphatic rings. The van der Waals surface area contributed by atoms with Crippen LogP contribution in [0.1, 0.15) is 16.8 Å². The molecule has 0 radical (unpaired) electrons. The van der Waals surface area contributed by atoms with Crippen molar-refractivity contribution >= 4 is 17.3 Å². The highest BCUT2D eigenvalue weighted by Gasteiger charge is 2.13. The lowest BCUT2D eigenvalue weighted by Crippen LogP contribution is -2.10. The van der Waals surface area contributed by atoms with Crippen LogP contribution in [0.2, 0.25) is 0 Å². The Morgan fingerprint density at radius 1 is 1.50 bits per heavy atom. The molecule has 0 fully saturated rings. The van der Waals surface area contributed by atoms with Gasteiger partial charge in [-0.2, -0.15) is 0 Å². The normalized spacial score (nSPS) is 10.4. The minimum Gasteiger partial charge on any atom is -0.478 e. The van der Waals surface area contributed by atoms with Crippen molar-refractivity contribution in [3.63, 3.8) is 0 Å². The first-order chi connectivity index (χ1) is 9.58. The van der Waals surface area contributed by atoms with Crippen molar-refractivity contribution in [2.24, 2.45) is 0 Å². The monoisotopic (exact) mass is 279 g/mol. The number of carbonyl (C=O) groups is 1. The number of hydrogen-bond acceptors (Lipinski definition) is 5. The topological polar surface area (TPSA) is 106 Å². The molecular weight excluding hydrogens is 265 g/mol. The van der Waals surface area contributed by atoms with Crippen molar-refractivity contribution in [2.45, 2.75) is 13.0 Å². The maximum atomic E-state index is 13.5. The molecule has 1 aromatic heterocycles. The van der Waals surface area contributed by atoms with E-state index in [1.807, 2.05) is 0 Å². The summed E-state index contributed by atoms with van der Waals surface area (Å²) in [7, 11) is 0. The lowest BCUT2D eigenvalue weighted by Gasteiger charge is -2.10. The number of nitrogen functional groups attached to an aromatic ring is 1. The first-order valence-electron chi connectivity index (χ1n) is 5.98. The number of aromatic nitrogens is 3. The third-order valence-corrected chi connectivity index (χ3v) is 2.72. The number of carboxylic acids is 1. The minimum absolute atomic E-state index is 0.199. The van der Waals surface area contributed by atoms with Crippen molar-refractivity contribution in [3.05, 3.63) is 35.9 Å². The van der Waals surface area contributed by atoms with Crippen LogP contribution in [-0.2, 0) is 6.54 Å². The van der Waals surface area contributed by atoms with E-state index in [1.165, 1.54) is 0 Å². The van der Waals surface area contributed by atoms with Gasteiger partial charge in [-0.25, -0.2) is 9.18 Å². The van der Waals surface area contributed by atoms with Crippen LogP contribution in [0.3, 0.4) is 0 Å². The minimum atomic E-state index is -1.34. The van der Waals surface area contributed by atoms with E-state index < -0.39 is 17.3 Å². The van der Waals surface area contributed by atoms with E-state index in [9.17, 15) is 9.18 Å². The van der Waals surface area contributed by atoms with Gasteiger partial charge < -0.3 is 16.2 Å². The Morgan fingerprint density at radius 3 is 2.95 bits per heavy atom. The zero-order chi connectivity index (χ0) is 14.5. The van der Waals surface area contributed by atoms with E-state index in [4.69, 9.17) is 10.8 Å². The molecule has 0 aliphatic heterocycles.